The Balaban J connectivity index is 1.45. The van der Waals surface area contributed by atoms with Gasteiger partial charge in [-0.2, -0.15) is 10.9 Å². The first kappa shape index (κ1) is 23.3. The van der Waals surface area contributed by atoms with E-state index in [2.05, 4.69) is 97.1 Å². The molecule has 0 aliphatic carbocycles. The van der Waals surface area contributed by atoms with Crippen molar-refractivity contribution >= 4 is 28.7 Å². The summed E-state index contributed by atoms with van der Waals surface area (Å²) in [6, 6.07) is 42.1. The maximum absolute atomic E-state index is 6.50. The van der Waals surface area contributed by atoms with Crippen LogP contribution in [-0.2, 0) is 22.3 Å². The van der Waals surface area contributed by atoms with E-state index < -0.39 is 6.15 Å². The third-order valence-electron chi connectivity index (χ3n) is 7.44. The Hall–Kier alpha value is -4.12. The predicted octanol–water partition coefficient (Wildman–Crippen LogP) is 4.41. The van der Waals surface area contributed by atoms with Crippen molar-refractivity contribution in [3.63, 3.8) is 0 Å². The molecule has 5 heteroatoms. The Kier molecular flexibility index (Phi) is 6.59. The molecular weight excluding hydrogens is 455 g/mol. The Morgan fingerprint density at radius 2 is 0.865 bits per heavy atom. The van der Waals surface area contributed by atoms with Crippen LogP contribution >= 0.6 is 0 Å². The number of rotatable bonds is 8. The molecule has 0 bridgehead atoms. The molecule has 4 nitrogen and oxygen atoms in total. The number of benzene rings is 4. The lowest BCUT2D eigenvalue weighted by molar-refractivity contribution is 0.315. The van der Waals surface area contributed by atoms with Crippen LogP contribution in [0, 0.1) is 0 Å². The molecule has 0 amide bonds. The molecule has 2 atom stereocenters. The van der Waals surface area contributed by atoms with Crippen molar-refractivity contribution in [3.05, 3.63) is 132 Å². The van der Waals surface area contributed by atoms with Gasteiger partial charge in [-0.15, -0.1) is 0 Å². The second-order valence-electron chi connectivity index (χ2n) is 9.93. The summed E-state index contributed by atoms with van der Waals surface area (Å²) >= 11 is 0. The Morgan fingerprint density at radius 3 is 1.24 bits per heavy atom. The molecule has 37 heavy (non-hydrogen) atoms. The van der Waals surface area contributed by atoms with E-state index in [1.807, 2.05) is 24.3 Å². The van der Waals surface area contributed by atoms with Gasteiger partial charge < -0.3 is 9.47 Å². The van der Waals surface area contributed by atoms with Gasteiger partial charge in [-0.25, -0.2) is 0 Å². The van der Waals surface area contributed by atoms with Gasteiger partial charge in [0.2, 0.25) is 6.15 Å². The Labute approximate surface area is 218 Å². The molecule has 2 aliphatic rings. The molecule has 4 aromatic carbocycles. The van der Waals surface area contributed by atoms with Crippen LogP contribution in [0.3, 0.4) is 0 Å². The standard InChI is InChI=1S/C32H30BN2O2/c1-5-13-25(14-6-1)21-29-23-36-31(34-29)33(27-17-9-3-10-18-27,28-19-11-4-12-20-28)32-35-30(24-37-32)22-26-15-7-2-8-16-26/h1-20,29-30H,21-24H2/q-1/t29-,30-/m0/s1. The molecule has 2 aliphatic heterocycles. The zero-order chi connectivity index (χ0) is 24.9. The average molecular weight is 485 g/mol. The van der Waals surface area contributed by atoms with Crippen molar-refractivity contribution < 1.29 is 9.47 Å². The SMILES string of the molecule is c1ccc(C[C@H]2COC([B-](C3=N[C@@H](Cc4ccccc4)CO3)(c3ccccc3)c3ccccc3)=N2)cc1. The largest absolute Gasteiger partial charge is 0.518 e. The molecular formula is C32H30BN2O2-. The van der Waals surface area contributed by atoms with Crippen molar-refractivity contribution in [1.82, 2.24) is 0 Å². The van der Waals surface area contributed by atoms with Crippen LogP contribution in [0.15, 0.2) is 131 Å². The van der Waals surface area contributed by atoms with E-state index in [0.717, 1.165) is 35.4 Å². The topological polar surface area (TPSA) is 43.2 Å². The molecule has 184 valence electrons. The van der Waals surface area contributed by atoms with E-state index in [1.165, 1.54) is 11.1 Å². The first-order valence-electron chi connectivity index (χ1n) is 13.1. The highest BCUT2D eigenvalue weighted by Crippen LogP contribution is 2.24. The molecule has 0 saturated heterocycles. The normalized spacial score (nSPS) is 19.0. The summed E-state index contributed by atoms with van der Waals surface area (Å²) in [5.41, 5.74) is 4.73. The quantitative estimate of drug-likeness (QED) is 0.347. The molecule has 4 aromatic rings. The van der Waals surface area contributed by atoms with Crippen LogP contribution in [-0.4, -0.2) is 43.0 Å². The zero-order valence-corrected chi connectivity index (χ0v) is 20.8. The smallest absolute Gasteiger partial charge is 0.230 e. The lowest BCUT2D eigenvalue weighted by Crippen LogP contribution is -2.70. The van der Waals surface area contributed by atoms with Gasteiger partial charge >= 0.3 is 0 Å². The highest BCUT2D eigenvalue weighted by Gasteiger charge is 2.45. The predicted molar refractivity (Wildman–Crippen MR) is 153 cm³/mol. The molecule has 0 unspecified atom stereocenters. The lowest BCUT2D eigenvalue weighted by Gasteiger charge is -2.40. The maximum atomic E-state index is 6.50. The molecule has 6 rings (SSSR count). The van der Waals surface area contributed by atoms with Crippen LogP contribution in [0.25, 0.3) is 0 Å². The van der Waals surface area contributed by atoms with E-state index in [4.69, 9.17) is 19.5 Å². The zero-order valence-electron chi connectivity index (χ0n) is 20.8. The molecule has 0 spiro atoms. The highest BCUT2D eigenvalue weighted by molar-refractivity contribution is 7.38. The van der Waals surface area contributed by atoms with Gasteiger partial charge in [-0.1, -0.05) is 121 Å². The fourth-order valence-corrected chi connectivity index (χ4v) is 5.68. The monoisotopic (exact) mass is 485 g/mol. The number of ether oxygens (including phenoxy) is 2. The number of aliphatic imine (C=N–C) groups is 2. The second-order valence-corrected chi connectivity index (χ2v) is 9.93. The third-order valence-corrected chi connectivity index (χ3v) is 7.44. The summed E-state index contributed by atoms with van der Waals surface area (Å²) in [6.07, 6.45) is -0.116. The van der Waals surface area contributed by atoms with E-state index >= 15 is 0 Å². The molecule has 0 saturated carbocycles. The van der Waals surface area contributed by atoms with Crippen molar-refractivity contribution in [2.45, 2.75) is 24.9 Å². The fraction of sp³-hybridized carbons (Fsp3) is 0.188. The summed E-state index contributed by atoms with van der Waals surface area (Å²) in [4.78, 5) is 10.4. The molecule has 0 N–H and O–H groups in total. The van der Waals surface area contributed by atoms with Gasteiger partial charge in [0.05, 0.1) is 12.1 Å². The molecule has 2 heterocycles. The van der Waals surface area contributed by atoms with Crippen LogP contribution in [0.4, 0.5) is 0 Å². The van der Waals surface area contributed by atoms with Crippen LogP contribution in [0.2, 0.25) is 0 Å². The minimum absolute atomic E-state index is 0.0493. The summed E-state index contributed by atoms with van der Waals surface area (Å²) in [6.45, 7) is 1.10. The lowest BCUT2D eigenvalue weighted by atomic mass is 9.17. The van der Waals surface area contributed by atoms with Gasteiger partial charge in [0.15, 0.2) is 0 Å². The maximum Gasteiger partial charge on any atom is 0.230 e. The average Bonchev–Trinajstić information content (AvgIpc) is 3.62. The summed E-state index contributed by atoms with van der Waals surface area (Å²) in [5, 5.41) is 0. The summed E-state index contributed by atoms with van der Waals surface area (Å²) in [5.74, 6) is 1.44. The summed E-state index contributed by atoms with van der Waals surface area (Å²) in [7, 11) is 0. The van der Waals surface area contributed by atoms with Crippen molar-refractivity contribution in [1.29, 1.82) is 0 Å². The number of hydrogen-bond acceptors (Lipinski definition) is 4. The number of hydrogen-bond donors (Lipinski definition) is 0. The minimum Gasteiger partial charge on any atom is -0.518 e. The fourth-order valence-electron chi connectivity index (χ4n) is 5.68. The Bertz CT molecular complexity index is 1270. The van der Waals surface area contributed by atoms with Crippen molar-refractivity contribution in [3.8, 4) is 0 Å². The first-order chi connectivity index (χ1) is 18.3. The van der Waals surface area contributed by atoms with Crippen LogP contribution in [0.5, 0.6) is 0 Å². The van der Waals surface area contributed by atoms with Gasteiger partial charge in [-0.3, -0.25) is 9.98 Å². The van der Waals surface area contributed by atoms with Crippen molar-refractivity contribution in [2.24, 2.45) is 9.98 Å². The minimum atomic E-state index is -1.79. The van der Waals surface area contributed by atoms with Gasteiger partial charge in [0, 0.05) is 11.6 Å². The third kappa shape index (κ3) is 4.69. The Morgan fingerprint density at radius 1 is 0.514 bits per heavy atom. The molecule has 0 aromatic heterocycles. The highest BCUT2D eigenvalue weighted by atomic mass is 16.5. The van der Waals surface area contributed by atoms with E-state index in [0.29, 0.717) is 13.2 Å². The van der Waals surface area contributed by atoms with Gasteiger partial charge in [-0.05, 0) is 24.0 Å². The van der Waals surface area contributed by atoms with Gasteiger partial charge in [0.1, 0.15) is 13.2 Å². The van der Waals surface area contributed by atoms with E-state index in [-0.39, 0.29) is 12.1 Å². The van der Waals surface area contributed by atoms with Crippen LogP contribution in [0.1, 0.15) is 11.1 Å². The first-order valence-corrected chi connectivity index (χ1v) is 13.1. The molecule has 0 fully saturated rings. The number of nitrogens with zero attached hydrogens (tertiary/aromatic N) is 2. The van der Waals surface area contributed by atoms with E-state index in [1.54, 1.807) is 0 Å². The second kappa shape index (κ2) is 10.5. The van der Waals surface area contributed by atoms with Gasteiger partial charge in [0.25, 0.3) is 0 Å². The van der Waals surface area contributed by atoms with Crippen molar-refractivity contribution in [2.75, 3.05) is 13.2 Å². The summed E-state index contributed by atoms with van der Waals surface area (Å²) < 4.78 is 13.0. The van der Waals surface area contributed by atoms with Crippen LogP contribution < -0.4 is 10.9 Å². The molecule has 0 radical (unpaired) electrons. The van der Waals surface area contributed by atoms with E-state index in [9.17, 15) is 0 Å².